The van der Waals surface area contributed by atoms with E-state index in [0.29, 0.717) is 17.9 Å². The monoisotopic (exact) mass is 341 g/mol. The van der Waals surface area contributed by atoms with Crippen LogP contribution < -0.4 is 4.74 Å². The fourth-order valence-electron chi connectivity index (χ4n) is 2.41. The van der Waals surface area contributed by atoms with Gasteiger partial charge in [0.15, 0.2) is 5.75 Å². The number of rotatable bonds is 0. The quantitative estimate of drug-likeness (QED) is 0.536. The molecule has 3 nitrogen and oxygen atoms in total. The van der Waals surface area contributed by atoms with Crippen molar-refractivity contribution in [2.24, 2.45) is 0 Å². The summed E-state index contributed by atoms with van der Waals surface area (Å²) >= 11 is 9.24. The molecule has 0 saturated carbocycles. The zero-order chi connectivity index (χ0) is 13.2. The number of hydrogen-bond donors (Lipinski definition) is 0. The average molecular weight is 343 g/mol. The van der Waals surface area contributed by atoms with Gasteiger partial charge in [0.25, 0.3) is 5.95 Å². The van der Waals surface area contributed by atoms with Crippen molar-refractivity contribution in [3.63, 3.8) is 0 Å². The Morgan fingerprint density at radius 3 is 2.84 bits per heavy atom. The zero-order valence-electron chi connectivity index (χ0n) is 9.41. The molecule has 2 aromatic rings. The lowest BCUT2D eigenvalue weighted by atomic mass is 9.89. The van der Waals surface area contributed by atoms with Gasteiger partial charge in [0, 0.05) is 15.6 Å². The van der Waals surface area contributed by atoms with Crippen LogP contribution in [0.15, 0.2) is 28.7 Å². The number of aromatic nitrogens is 1. The van der Waals surface area contributed by atoms with Gasteiger partial charge in [-0.25, -0.2) is 4.98 Å². The molecule has 2 aliphatic rings. The van der Waals surface area contributed by atoms with Gasteiger partial charge in [-0.1, -0.05) is 27.5 Å². The van der Waals surface area contributed by atoms with E-state index in [1.165, 1.54) is 0 Å². The summed E-state index contributed by atoms with van der Waals surface area (Å²) in [5, 5.41) is 0.0909. The largest absolute Gasteiger partial charge is 0.452 e. The van der Waals surface area contributed by atoms with E-state index < -0.39 is 11.5 Å². The van der Waals surface area contributed by atoms with Crippen molar-refractivity contribution in [2.45, 2.75) is 5.60 Å². The van der Waals surface area contributed by atoms with Gasteiger partial charge >= 0.3 is 0 Å². The van der Waals surface area contributed by atoms with Crippen LogP contribution >= 0.6 is 27.5 Å². The third-order valence-corrected chi connectivity index (χ3v) is 4.04. The van der Waals surface area contributed by atoms with Crippen LogP contribution in [0.2, 0.25) is 5.15 Å². The second kappa shape index (κ2) is 3.69. The Hall–Kier alpha value is -1.17. The summed E-state index contributed by atoms with van der Waals surface area (Å²) in [6.45, 7) is 0.479. The Balaban J connectivity index is 2.01. The summed E-state index contributed by atoms with van der Waals surface area (Å²) in [6, 6.07) is 7.12. The molecule has 0 bridgehead atoms. The number of ether oxygens (including phenoxy) is 2. The Labute approximate surface area is 121 Å². The van der Waals surface area contributed by atoms with Crippen LogP contribution in [0.5, 0.6) is 11.5 Å². The van der Waals surface area contributed by atoms with E-state index >= 15 is 0 Å². The molecule has 0 N–H and O–H groups in total. The number of nitrogens with zero attached hydrogens (tertiary/aromatic N) is 1. The summed E-state index contributed by atoms with van der Waals surface area (Å²) in [5.74, 6) is -0.0427. The third-order valence-electron chi connectivity index (χ3n) is 3.36. The van der Waals surface area contributed by atoms with Crippen LogP contribution in [0, 0.1) is 5.95 Å². The molecule has 1 aromatic carbocycles. The first kappa shape index (κ1) is 11.6. The van der Waals surface area contributed by atoms with Gasteiger partial charge in [-0.3, -0.25) is 0 Å². The minimum atomic E-state index is -0.717. The fourth-order valence-corrected chi connectivity index (χ4v) is 2.96. The summed E-state index contributed by atoms with van der Waals surface area (Å²) in [5.41, 5.74) is 0.812. The van der Waals surface area contributed by atoms with E-state index in [1.807, 2.05) is 12.1 Å². The Kier molecular flexibility index (Phi) is 2.26. The van der Waals surface area contributed by atoms with Gasteiger partial charge in [-0.2, -0.15) is 4.39 Å². The van der Waals surface area contributed by atoms with Gasteiger partial charge in [-0.05, 0) is 24.3 Å². The molecule has 2 aliphatic heterocycles. The van der Waals surface area contributed by atoms with Gasteiger partial charge in [-0.15, -0.1) is 0 Å². The Morgan fingerprint density at radius 1 is 1.32 bits per heavy atom. The standard InChI is InChI=1S/C13H6BrClFNO2/c14-6-1-2-9-7(3-6)13(5-18-13)8-4-10(15)17-12(16)11(8)19-9/h1-4H,5H2. The molecular weight excluding hydrogens is 337 g/mol. The fraction of sp³-hybridized carbons (Fsp3) is 0.154. The molecule has 1 aromatic heterocycles. The van der Waals surface area contributed by atoms with Crippen LogP contribution in [-0.4, -0.2) is 11.6 Å². The summed E-state index contributed by atoms with van der Waals surface area (Å²) in [6.07, 6.45) is 0. The maximum Gasteiger partial charge on any atom is 0.257 e. The molecule has 19 heavy (non-hydrogen) atoms. The van der Waals surface area contributed by atoms with E-state index in [2.05, 4.69) is 20.9 Å². The summed E-state index contributed by atoms with van der Waals surface area (Å²) in [4.78, 5) is 3.58. The maximum absolute atomic E-state index is 13.9. The predicted molar refractivity (Wildman–Crippen MR) is 70.2 cm³/mol. The van der Waals surface area contributed by atoms with Crippen molar-refractivity contribution in [1.82, 2.24) is 4.98 Å². The molecule has 0 radical (unpaired) electrons. The lowest BCUT2D eigenvalue weighted by Crippen LogP contribution is -2.19. The SMILES string of the molecule is Fc1nc(Cl)cc2c1Oc1ccc(Br)cc1C21CO1. The maximum atomic E-state index is 13.9. The van der Waals surface area contributed by atoms with Gasteiger partial charge in [0.05, 0.1) is 6.61 Å². The molecule has 1 fully saturated rings. The molecule has 3 heterocycles. The second-order valence-electron chi connectivity index (χ2n) is 4.47. The normalized spacial score (nSPS) is 22.7. The minimum Gasteiger partial charge on any atom is -0.452 e. The van der Waals surface area contributed by atoms with Crippen LogP contribution in [0.25, 0.3) is 0 Å². The van der Waals surface area contributed by atoms with Crippen molar-refractivity contribution in [3.05, 3.63) is 51.0 Å². The highest BCUT2D eigenvalue weighted by Gasteiger charge is 2.55. The minimum absolute atomic E-state index is 0.0909. The Morgan fingerprint density at radius 2 is 2.11 bits per heavy atom. The van der Waals surface area contributed by atoms with Crippen molar-refractivity contribution in [3.8, 4) is 11.5 Å². The highest BCUT2D eigenvalue weighted by atomic mass is 79.9. The summed E-state index contributed by atoms with van der Waals surface area (Å²) in [7, 11) is 0. The first-order chi connectivity index (χ1) is 9.10. The smallest absolute Gasteiger partial charge is 0.257 e. The number of fused-ring (bicyclic) bond motifs is 4. The molecule has 1 saturated heterocycles. The third kappa shape index (κ3) is 1.55. The topological polar surface area (TPSA) is 34.6 Å². The van der Waals surface area contributed by atoms with E-state index in [-0.39, 0.29) is 10.9 Å². The summed E-state index contributed by atoms with van der Waals surface area (Å²) < 4.78 is 26.0. The van der Waals surface area contributed by atoms with Crippen molar-refractivity contribution >= 4 is 27.5 Å². The van der Waals surface area contributed by atoms with Gasteiger partial charge in [0.1, 0.15) is 16.5 Å². The number of hydrogen-bond acceptors (Lipinski definition) is 3. The average Bonchev–Trinajstić information content (AvgIpc) is 3.14. The van der Waals surface area contributed by atoms with E-state index in [0.717, 1.165) is 10.0 Å². The van der Waals surface area contributed by atoms with E-state index in [1.54, 1.807) is 12.1 Å². The van der Waals surface area contributed by atoms with E-state index in [4.69, 9.17) is 21.1 Å². The molecule has 96 valence electrons. The Bertz CT molecular complexity index is 718. The predicted octanol–water partition coefficient (Wildman–Crippen LogP) is 4.02. The molecular formula is C13H6BrClFNO2. The number of epoxide rings is 1. The first-order valence-electron chi connectivity index (χ1n) is 5.58. The van der Waals surface area contributed by atoms with Crippen LogP contribution in [0.3, 0.4) is 0 Å². The molecule has 1 atom stereocenters. The highest BCUT2D eigenvalue weighted by Crippen LogP contribution is 2.56. The molecule has 0 aliphatic carbocycles. The second-order valence-corrected chi connectivity index (χ2v) is 5.77. The lowest BCUT2D eigenvalue weighted by Gasteiger charge is -2.26. The number of pyridine rings is 1. The number of halogens is 3. The van der Waals surface area contributed by atoms with Gasteiger partial charge < -0.3 is 9.47 Å². The molecule has 6 heteroatoms. The van der Waals surface area contributed by atoms with Crippen molar-refractivity contribution < 1.29 is 13.9 Å². The number of benzene rings is 1. The zero-order valence-corrected chi connectivity index (χ0v) is 11.8. The molecule has 0 amide bonds. The first-order valence-corrected chi connectivity index (χ1v) is 6.76. The highest BCUT2D eigenvalue weighted by molar-refractivity contribution is 9.10. The van der Waals surface area contributed by atoms with Gasteiger partial charge in [0.2, 0.25) is 0 Å². The lowest BCUT2D eigenvalue weighted by molar-refractivity contribution is 0.307. The van der Waals surface area contributed by atoms with E-state index in [9.17, 15) is 4.39 Å². The van der Waals surface area contributed by atoms with Crippen LogP contribution in [0.1, 0.15) is 11.1 Å². The molecule has 4 rings (SSSR count). The molecule has 1 spiro atoms. The van der Waals surface area contributed by atoms with Crippen molar-refractivity contribution in [1.29, 1.82) is 0 Å². The van der Waals surface area contributed by atoms with Crippen molar-refractivity contribution in [2.75, 3.05) is 6.61 Å². The van der Waals surface area contributed by atoms with Crippen LogP contribution in [0.4, 0.5) is 4.39 Å². The van der Waals surface area contributed by atoms with Crippen LogP contribution in [-0.2, 0) is 10.3 Å². The molecule has 1 unspecified atom stereocenters.